The molecule has 1 aromatic rings. The molecule has 72 valence electrons. The van der Waals surface area contributed by atoms with Crippen LogP contribution in [-0.4, -0.2) is 17.2 Å². The van der Waals surface area contributed by atoms with Crippen LogP contribution in [0.3, 0.4) is 0 Å². The van der Waals surface area contributed by atoms with Crippen LogP contribution in [0.25, 0.3) is 0 Å². The Balaban J connectivity index is 2.43. The number of carbonyl (C=O) groups excluding carboxylic acids is 1. The van der Waals surface area contributed by atoms with Gasteiger partial charge in [0.1, 0.15) is 5.54 Å². The molecule has 14 heavy (non-hydrogen) atoms. The maximum atomic E-state index is 11.3. The Morgan fingerprint density at radius 1 is 1.36 bits per heavy atom. The molecule has 0 radical (unpaired) electrons. The molecule has 1 aliphatic rings. The van der Waals surface area contributed by atoms with E-state index in [4.69, 9.17) is 5.73 Å². The fraction of sp³-hybridized carbons (Fsp3) is 0.200. The zero-order valence-corrected chi connectivity index (χ0v) is 7.82. The third kappa shape index (κ3) is 1.20. The van der Waals surface area contributed by atoms with Gasteiger partial charge in [0.15, 0.2) is 0 Å². The van der Waals surface area contributed by atoms with Crippen molar-refractivity contribution < 1.29 is 4.79 Å². The number of amides is 1. The van der Waals surface area contributed by atoms with Gasteiger partial charge in [-0.2, -0.15) is 5.10 Å². The number of hydrogen-bond acceptors (Lipinski definition) is 3. The van der Waals surface area contributed by atoms with Gasteiger partial charge >= 0.3 is 0 Å². The highest BCUT2D eigenvalue weighted by molar-refractivity contribution is 6.22. The summed E-state index contributed by atoms with van der Waals surface area (Å²) in [5, 5.41) is 3.93. The van der Waals surface area contributed by atoms with Crippen molar-refractivity contribution >= 4 is 11.6 Å². The van der Waals surface area contributed by atoms with Crippen LogP contribution >= 0.6 is 0 Å². The van der Waals surface area contributed by atoms with Crippen LogP contribution in [0, 0.1) is 0 Å². The van der Waals surface area contributed by atoms with Gasteiger partial charge in [0.25, 0.3) is 5.91 Å². The lowest BCUT2D eigenvalue weighted by Gasteiger charge is -2.16. The first-order chi connectivity index (χ1) is 6.62. The van der Waals surface area contributed by atoms with Crippen molar-refractivity contribution in [2.45, 2.75) is 12.5 Å². The van der Waals surface area contributed by atoms with Crippen molar-refractivity contribution in [3.63, 3.8) is 0 Å². The average molecular weight is 189 g/mol. The van der Waals surface area contributed by atoms with E-state index in [9.17, 15) is 4.79 Å². The van der Waals surface area contributed by atoms with Crippen LogP contribution in [0.5, 0.6) is 0 Å². The number of hydrogen-bond donors (Lipinski definition) is 2. The van der Waals surface area contributed by atoms with Gasteiger partial charge in [-0.15, -0.1) is 0 Å². The van der Waals surface area contributed by atoms with Gasteiger partial charge in [-0.05, 0) is 6.92 Å². The molecule has 1 unspecified atom stereocenters. The largest absolute Gasteiger partial charge is 0.312 e. The fourth-order valence-electron chi connectivity index (χ4n) is 1.41. The standard InChI is InChI=1S/C10H11N3O/c1-10(11)8(12-13-9(10)14)7-5-3-2-4-6-7/h2-6H,11H2,1H3,(H,13,14). The maximum absolute atomic E-state index is 11.3. The highest BCUT2D eigenvalue weighted by Gasteiger charge is 2.39. The molecule has 0 aliphatic carbocycles. The lowest BCUT2D eigenvalue weighted by atomic mass is 9.92. The van der Waals surface area contributed by atoms with E-state index >= 15 is 0 Å². The van der Waals surface area contributed by atoms with E-state index in [0.29, 0.717) is 5.71 Å². The SMILES string of the molecule is CC1(N)C(=O)NN=C1c1ccccc1. The van der Waals surface area contributed by atoms with Crippen molar-refractivity contribution in [3.05, 3.63) is 35.9 Å². The summed E-state index contributed by atoms with van der Waals surface area (Å²) in [6.45, 7) is 1.65. The van der Waals surface area contributed by atoms with Crippen LogP contribution < -0.4 is 11.2 Å². The molecular formula is C10H11N3O. The summed E-state index contributed by atoms with van der Waals surface area (Å²) >= 11 is 0. The summed E-state index contributed by atoms with van der Waals surface area (Å²) in [4.78, 5) is 11.3. The molecule has 1 aromatic carbocycles. The van der Waals surface area contributed by atoms with E-state index < -0.39 is 5.54 Å². The highest BCUT2D eigenvalue weighted by Crippen LogP contribution is 2.16. The third-order valence-electron chi connectivity index (χ3n) is 2.28. The van der Waals surface area contributed by atoms with E-state index in [0.717, 1.165) is 5.56 Å². The van der Waals surface area contributed by atoms with E-state index in [1.165, 1.54) is 0 Å². The van der Waals surface area contributed by atoms with Gasteiger partial charge in [-0.1, -0.05) is 30.3 Å². The van der Waals surface area contributed by atoms with Crippen molar-refractivity contribution in [1.82, 2.24) is 5.43 Å². The molecule has 1 atom stereocenters. The molecule has 0 saturated carbocycles. The quantitative estimate of drug-likeness (QED) is 0.664. The zero-order valence-electron chi connectivity index (χ0n) is 7.82. The molecule has 0 bridgehead atoms. The fourth-order valence-corrected chi connectivity index (χ4v) is 1.41. The van der Waals surface area contributed by atoms with Crippen LogP contribution in [0.4, 0.5) is 0 Å². The van der Waals surface area contributed by atoms with Gasteiger partial charge in [-0.3, -0.25) is 4.79 Å². The Morgan fingerprint density at radius 3 is 2.50 bits per heavy atom. The average Bonchev–Trinajstić information content (AvgIpc) is 2.44. The number of hydrazone groups is 1. The molecule has 0 fully saturated rings. The van der Waals surface area contributed by atoms with Gasteiger partial charge in [-0.25, -0.2) is 5.43 Å². The summed E-state index contributed by atoms with van der Waals surface area (Å²) in [5.74, 6) is -0.267. The molecule has 0 aromatic heterocycles. The lowest BCUT2D eigenvalue weighted by Crippen LogP contribution is -2.51. The molecule has 3 N–H and O–H groups in total. The smallest absolute Gasteiger partial charge is 0.266 e. The lowest BCUT2D eigenvalue weighted by molar-refractivity contribution is -0.122. The Labute approximate surface area is 81.8 Å². The van der Waals surface area contributed by atoms with Gasteiger partial charge in [0.05, 0.1) is 5.71 Å². The summed E-state index contributed by atoms with van der Waals surface area (Å²) in [6, 6.07) is 9.43. The van der Waals surface area contributed by atoms with Gasteiger partial charge in [0, 0.05) is 5.56 Å². The van der Waals surface area contributed by atoms with E-state index in [-0.39, 0.29) is 5.91 Å². The van der Waals surface area contributed by atoms with Crippen molar-refractivity contribution in [1.29, 1.82) is 0 Å². The Bertz CT molecular complexity index is 395. The summed E-state index contributed by atoms with van der Waals surface area (Å²) in [5.41, 5.74) is 8.67. The molecule has 1 aliphatic heterocycles. The highest BCUT2D eigenvalue weighted by atomic mass is 16.2. The number of rotatable bonds is 1. The Hall–Kier alpha value is -1.68. The number of carbonyl (C=O) groups is 1. The van der Waals surface area contributed by atoms with Crippen LogP contribution in [-0.2, 0) is 4.79 Å². The summed E-state index contributed by atoms with van der Waals surface area (Å²) in [7, 11) is 0. The predicted molar refractivity (Wildman–Crippen MR) is 53.7 cm³/mol. The second-order valence-corrected chi connectivity index (χ2v) is 3.47. The molecule has 2 rings (SSSR count). The molecule has 4 heteroatoms. The van der Waals surface area contributed by atoms with E-state index in [1.807, 2.05) is 30.3 Å². The van der Waals surface area contributed by atoms with Crippen molar-refractivity contribution in [2.75, 3.05) is 0 Å². The summed E-state index contributed by atoms with van der Waals surface area (Å²) < 4.78 is 0. The number of nitrogens with two attached hydrogens (primary N) is 1. The molecule has 0 spiro atoms. The molecule has 4 nitrogen and oxygen atoms in total. The van der Waals surface area contributed by atoms with Gasteiger partial charge in [0.2, 0.25) is 0 Å². The molecule has 1 heterocycles. The van der Waals surface area contributed by atoms with E-state index in [1.54, 1.807) is 6.92 Å². The second-order valence-electron chi connectivity index (χ2n) is 3.47. The monoisotopic (exact) mass is 189 g/mol. The Morgan fingerprint density at radius 2 is 2.00 bits per heavy atom. The predicted octanol–water partition coefficient (Wildman–Crippen LogP) is 0.238. The van der Waals surface area contributed by atoms with Crippen molar-refractivity contribution in [2.24, 2.45) is 10.8 Å². The zero-order chi connectivity index (χ0) is 10.2. The second kappa shape index (κ2) is 2.92. The van der Waals surface area contributed by atoms with Crippen molar-refractivity contribution in [3.8, 4) is 0 Å². The first-order valence-electron chi connectivity index (χ1n) is 4.35. The molecular weight excluding hydrogens is 178 g/mol. The first-order valence-corrected chi connectivity index (χ1v) is 4.35. The number of benzene rings is 1. The van der Waals surface area contributed by atoms with Gasteiger partial charge < -0.3 is 5.73 Å². The first kappa shape index (κ1) is 8.90. The molecule has 0 saturated heterocycles. The molecule has 1 amide bonds. The number of nitrogens with one attached hydrogen (secondary N) is 1. The minimum Gasteiger partial charge on any atom is -0.312 e. The third-order valence-corrected chi connectivity index (χ3v) is 2.28. The minimum atomic E-state index is -1.03. The number of nitrogens with zero attached hydrogens (tertiary/aromatic N) is 1. The van der Waals surface area contributed by atoms with Crippen LogP contribution in [0.2, 0.25) is 0 Å². The minimum absolute atomic E-state index is 0.267. The Kier molecular flexibility index (Phi) is 1.86. The maximum Gasteiger partial charge on any atom is 0.266 e. The van der Waals surface area contributed by atoms with Crippen LogP contribution in [0.1, 0.15) is 12.5 Å². The van der Waals surface area contributed by atoms with Crippen LogP contribution in [0.15, 0.2) is 35.4 Å². The van der Waals surface area contributed by atoms with E-state index in [2.05, 4.69) is 10.5 Å². The summed E-state index contributed by atoms with van der Waals surface area (Å²) in [6.07, 6.45) is 0. The normalized spacial score (nSPS) is 25.9. The topological polar surface area (TPSA) is 67.5 Å².